The normalized spacial score (nSPS) is 12.1. The van der Waals surface area contributed by atoms with E-state index < -0.39 is 5.60 Å². The van der Waals surface area contributed by atoms with Gasteiger partial charge in [-0.25, -0.2) is 4.98 Å². The molecule has 0 saturated heterocycles. The van der Waals surface area contributed by atoms with E-state index in [-0.39, 0.29) is 5.91 Å². The van der Waals surface area contributed by atoms with Gasteiger partial charge in [-0.05, 0) is 26.8 Å². The smallest absolute Gasteiger partial charge is 0.246 e. The van der Waals surface area contributed by atoms with Gasteiger partial charge in [-0.3, -0.25) is 4.79 Å². The summed E-state index contributed by atoms with van der Waals surface area (Å²) in [5, 5.41) is 10.6. The van der Waals surface area contributed by atoms with Gasteiger partial charge in [0.2, 0.25) is 5.91 Å². The summed E-state index contributed by atoms with van der Waals surface area (Å²) in [6.45, 7) is 5.57. The number of thiazole rings is 1. The highest BCUT2D eigenvalue weighted by atomic mass is 32.1. The summed E-state index contributed by atoms with van der Waals surface area (Å²) in [5.74, 6) is -0.127. The Morgan fingerprint density at radius 2 is 2.29 bits per heavy atom. The van der Waals surface area contributed by atoms with E-state index in [0.717, 1.165) is 9.88 Å². The molecule has 5 heteroatoms. The molecule has 0 aliphatic carbocycles. The molecule has 0 radical (unpaired) electrons. The maximum atomic E-state index is 11.7. The van der Waals surface area contributed by atoms with E-state index in [2.05, 4.69) is 4.98 Å². The zero-order chi connectivity index (χ0) is 13.1. The van der Waals surface area contributed by atoms with E-state index >= 15 is 0 Å². The standard InChI is InChI=1S/C12H18N2O2S/c1-9-13-7-10(17-9)5-6-11(15)14(4)8-12(2,3)16/h5-7,16H,8H2,1-4H3/b6-5+. The van der Waals surface area contributed by atoms with Crippen LogP contribution >= 0.6 is 11.3 Å². The third kappa shape index (κ3) is 5.10. The van der Waals surface area contributed by atoms with Gasteiger partial charge < -0.3 is 10.0 Å². The van der Waals surface area contributed by atoms with E-state index in [1.165, 1.54) is 22.3 Å². The summed E-state index contributed by atoms with van der Waals surface area (Å²) in [7, 11) is 1.67. The molecule has 0 saturated carbocycles. The molecule has 0 atom stereocenters. The topological polar surface area (TPSA) is 53.4 Å². The van der Waals surface area contributed by atoms with Crippen molar-refractivity contribution < 1.29 is 9.90 Å². The number of nitrogens with zero attached hydrogens (tertiary/aromatic N) is 2. The van der Waals surface area contributed by atoms with Gasteiger partial charge in [-0.2, -0.15) is 0 Å². The van der Waals surface area contributed by atoms with Crippen LogP contribution in [0, 0.1) is 6.92 Å². The molecule has 0 fully saturated rings. The van der Waals surface area contributed by atoms with Crippen LogP contribution in [-0.4, -0.2) is 40.1 Å². The van der Waals surface area contributed by atoms with Gasteiger partial charge in [-0.15, -0.1) is 11.3 Å². The van der Waals surface area contributed by atoms with Gasteiger partial charge in [0, 0.05) is 30.7 Å². The summed E-state index contributed by atoms with van der Waals surface area (Å²) >= 11 is 1.54. The van der Waals surface area contributed by atoms with Gasteiger partial charge in [0.25, 0.3) is 0 Å². The second-order valence-corrected chi connectivity index (χ2v) is 5.89. The number of aromatic nitrogens is 1. The zero-order valence-corrected chi connectivity index (χ0v) is 11.4. The molecule has 94 valence electrons. The van der Waals surface area contributed by atoms with Gasteiger partial charge in [-0.1, -0.05) is 0 Å². The van der Waals surface area contributed by atoms with Gasteiger partial charge in [0.1, 0.15) is 0 Å². The predicted molar refractivity (Wildman–Crippen MR) is 69.8 cm³/mol. The number of hydrogen-bond acceptors (Lipinski definition) is 4. The molecule has 17 heavy (non-hydrogen) atoms. The first-order chi connectivity index (χ1) is 7.78. The Morgan fingerprint density at radius 1 is 1.65 bits per heavy atom. The molecule has 1 amide bonds. The van der Waals surface area contributed by atoms with Crippen molar-refractivity contribution in [3.8, 4) is 0 Å². The molecule has 1 heterocycles. The van der Waals surface area contributed by atoms with Crippen molar-refractivity contribution in [1.29, 1.82) is 0 Å². The molecular formula is C12H18N2O2S. The lowest BCUT2D eigenvalue weighted by molar-refractivity contribution is -0.127. The van der Waals surface area contributed by atoms with E-state index in [9.17, 15) is 9.90 Å². The fraction of sp³-hybridized carbons (Fsp3) is 0.500. The minimum absolute atomic E-state index is 0.127. The highest BCUT2D eigenvalue weighted by Crippen LogP contribution is 2.13. The molecule has 1 rings (SSSR count). The number of aliphatic hydroxyl groups is 1. The van der Waals surface area contributed by atoms with Crippen molar-refractivity contribution >= 4 is 23.3 Å². The SMILES string of the molecule is Cc1ncc(/C=C/C(=O)N(C)CC(C)(C)O)s1. The quantitative estimate of drug-likeness (QED) is 0.832. The van der Waals surface area contributed by atoms with Crippen LogP contribution in [0.2, 0.25) is 0 Å². The Morgan fingerprint density at radius 3 is 2.76 bits per heavy atom. The summed E-state index contributed by atoms with van der Waals surface area (Å²) in [4.78, 5) is 18.3. The summed E-state index contributed by atoms with van der Waals surface area (Å²) < 4.78 is 0. The third-order valence-electron chi connectivity index (χ3n) is 2.03. The number of rotatable bonds is 4. The Labute approximate surface area is 106 Å². The maximum Gasteiger partial charge on any atom is 0.246 e. The number of likely N-dealkylation sites (N-methyl/N-ethyl adjacent to an activating group) is 1. The number of carbonyl (C=O) groups excluding carboxylic acids is 1. The predicted octanol–water partition coefficient (Wildman–Crippen LogP) is 1.69. The van der Waals surface area contributed by atoms with E-state index in [0.29, 0.717) is 6.54 Å². The largest absolute Gasteiger partial charge is 0.389 e. The number of carbonyl (C=O) groups is 1. The van der Waals surface area contributed by atoms with Gasteiger partial charge >= 0.3 is 0 Å². The van der Waals surface area contributed by atoms with Crippen LogP contribution in [0.15, 0.2) is 12.3 Å². The summed E-state index contributed by atoms with van der Waals surface area (Å²) in [5.41, 5.74) is -0.876. The lowest BCUT2D eigenvalue weighted by Crippen LogP contribution is -2.38. The van der Waals surface area contributed by atoms with Gasteiger partial charge in [0.05, 0.1) is 10.6 Å². The lowest BCUT2D eigenvalue weighted by atomic mass is 10.1. The average molecular weight is 254 g/mol. The highest BCUT2D eigenvalue weighted by Gasteiger charge is 2.17. The van der Waals surface area contributed by atoms with E-state index in [1.54, 1.807) is 33.2 Å². The molecule has 4 nitrogen and oxygen atoms in total. The molecule has 1 aromatic rings. The number of aryl methyl sites for hydroxylation is 1. The van der Waals surface area contributed by atoms with Crippen molar-refractivity contribution in [2.45, 2.75) is 26.4 Å². The van der Waals surface area contributed by atoms with Crippen molar-refractivity contribution in [2.24, 2.45) is 0 Å². The molecular weight excluding hydrogens is 236 g/mol. The fourth-order valence-corrected chi connectivity index (χ4v) is 2.08. The van der Waals surface area contributed by atoms with Crippen LogP contribution in [0.5, 0.6) is 0 Å². The molecule has 0 bridgehead atoms. The van der Waals surface area contributed by atoms with E-state index in [4.69, 9.17) is 0 Å². The van der Waals surface area contributed by atoms with Crippen molar-refractivity contribution in [1.82, 2.24) is 9.88 Å². The first kappa shape index (κ1) is 13.9. The molecule has 1 aromatic heterocycles. The first-order valence-electron chi connectivity index (χ1n) is 5.36. The second-order valence-electron chi connectivity index (χ2n) is 4.62. The second kappa shape index (κ2) is 5.42. The van der Waals surface area contributed by atoms with E-state index in [1.807, 2.05) is 6.92 Å². The number of hydrogen-bond donors (Lipinski definition) is 1. The van der Waals surface area contributed by atoms with Crippen LogP contribution in [0.4, 0.5) is 0 Å². The highest BCUT2D eigenvalue weighted by molar-refractivity contribution is 7.12. The third-order valence-corrected chi connectivity index (χ3v) is 2.91. The molecule has 0 aliphatic rings. The van der Waals surface area contributed by atoms with Crippen LogP contribution in [-0.2, 0) is 4.79 Å². The number of amides is 1. The molecule has 0 aliphatic heterocycles. The average Bonchev–Trinajstić information content (AvgIpc) is 2.58. The van der Waals surface area contributed by atoms with Crippen molar-refractivity contribution in [3.05, 3.63) is 22.2 Å². The van der Waals surface area contributed by atoms with Crippen LogP contribution < -0.4 is 0 Å². The molecule has 0 unspecified atom stereocenters. The Kier molecular flexibility index (Phi) is 4.42. The maximum absolute atomic E-state index is 11.7. The van der Waals surface area contributed by atoms with Crippen LogP contribution in [0.3, 0.4) is 0 Å². The Balaban J connectivity index is 2.57. The Bertz CT molecular complexity index is 418. The zero-order valence-electron chi connectivity index (χ0n) is 10.6. The van der Waals surface area contributed by atoms with Crippen molar-refractivity contribution in [3.63, 3.8) is 0 Å². The monoisotopic (exact) mass is 254 g/mol. The summed E-state index contributed by atoms with van der Waals surface area (Å²) in [6.07, 6.45) is 4.98. The molecule has 0 spiro atoms. The van der Waals surface area contributed by atoms with Crippen LogP contribution in [0.1, 0.15) is 23.7 Å². The minimum atomic E-state index is -0.876. The minimum Gasteiger partial charge on any atom is -0.389 e. The first-order valence-corrected chi connectivity index (χ1v) is 6.17. The summed E-state index contributed by atoms with van der Waals surface area (Å²) in [6, 6.07) is 0. The van der Waals surface area contributed by atoms with Crippen molar-refractivity contribution in [2.75, 3.05) is 13.6 Å². The lowest BCUT2D eigenvalue weighted by Gasteiger charge is -2.24. The molecule has 1 N–H and O–H groups in total. The van der Waals surface area contributed by atoms with Crippen LogP contribution in [0.25, 0.3) is 6.08 Å². The molecule has 0 aromatic carbocycles. The fourth-order valence-electron chi connectivity index (χ4n) is 1.39. The Hall–Kier alpha value is -1.20. The van der Waals surface area contributed by atoms with Gasteiger partial charge in [0.15, 0.2) is 0 Å².